The number of methoxy groups -OCH3 is 1. The van der Waals surface area contributed by atoms with Gasteiger partial charge in [-0.25, -0.2) is 8.42 Å². The van der Waals surface area contributed by atoms with E-state index in [2.05, 4.69) is 5.32 Å². The van der Waals surface area contributed by atoms with E-state index < -0.39 is 10.0 Å². The van der Waals surface area contributed by atoms with Gasteiger partial charge in [0.1, 0.15) is 11.5 Å². The summed E-state index contributed by atoms with van der Waals surface area (Å²) in [6.07, 6.45) is 1.39. The molecular weight excluding hydrogens is 440 g/mol. The Bertz CT molecular complexity index is 1210. The molecule has 0 saturated carbocycles. The molecule has 0 fully saturated rings. The van der Waals surface area contributed by atoms with Gasteiger partial charge in [-0.3, -0.25) is 9.10 Å². The van der Waals surface area contributed by atoms with Crippen LogP contribution in [0.4, 0.5) is 5.69 Å². The predicted octanol–water partition coefficient (Wildman–Crippen LogP) is 3.18. The highest BCUT2D eigenvalue weighted by Gasteiger charge is 2.30. The predicted molar refractivity (Wildman–Crippen MR) is 126 cm³/mol. The zero-order valence-electron chi connectivity index (χ0n) is 18.4. The highest BCUT2D eigenvalue weighted by molar-refractivity contribution is 7.92. The zero-order valence-corrected chi connectivity index (χ0v) is 19.2. The fourth-order valence-corrected chi connectivity index (χ4v) is 5.23. The van der Waals surface area contributed by atoms with E-state index in [4.69, 9.17) is 9.47 Å². The third kappa shape index (κ3) is 5.28. The number of para-hydroxylation sites is 1. The van der Waals surface area contributed by atoms with Crippen LogP contribution in [0.2, 0.25) is 0 Å². The normalized spacial score (nSPS) is 12.8. The third-order valence-corrected chi connectivity index (χ3v) is 7.35. The molecule has 0 saturated heterocycles. The van der Waals surface area contributed by atoms with Gasteiger partial charge in [0.25, 0.3) is 15.9 Å². The van der Waals surface area contributed by atoms with E-state index in [1.54, 1.807) is 19.2 Å². The van der Waals surface area contributed by atoms with Gasteiger partial charge in [0.05, 0.1) is 17.7 Å². The van der Waals surface area contributed by atoms with Gasteiger partial charge in [-0.05, 0) is 66.4 Å². The molecule has 0 atom stereocenters. The number of ether oxygens (including phenoxy) is 2. The Morgan fingerprint density at radius 3 is 2.39 bits per heavy atom. The molecule has 0 bridgehead atoms. The molecule has 1 amide bonds. The molecule has 8 heteroatoms. The number of hydrogen-bond acceptors (Lipinski definition) is 5. The summed E-state index contributed by atoms with van der Waals surface area (Å²) in [5.74, 6) is 0.982. The lowest BCUT2D eigenvalue weighted by Crippen LogP contribution is -2.30. The number of amides is 1. The van der Waals surface area contributed by atoms with Crippen LogP contribution in [0.25, 0.3) is 0 Å². The maximum absolute atomic E-state index is 13.1. The molecule has 3 aromatic carbocycles. The van der Waals surface area contributed by atoms with Crippen LogP contribution in [0.5, 0.6) is 11.5 Å². The Kier molecular flexibility index (Phi) is 6.84. The van der Waals surface area contributed by atoms with Crippen molar-refractivity contribution in [3.63, 3.8) is 0 Å². The van der Waals surface area contributed by atoms with E-state index in [9.17, 15) is 13.2 Å². The SMILES string of the molecule is COc1ccc(CCNC(=O)COc2ccc(S(=O)(=O)N3CCc4ccccc43)cc2)cc1. The molecule has 0 aliphatic carbocycles. The molecular formula is C25H26N2O5S. The van der Waals surface area contributed by atoms with Gasteiger partial charge in [0.2, 0.25) is 0 Å². The van der Waals surface area contributed by atoms with Crippen molar-refractivity contribution in [2.45, 2.75) is 17.7 Å². The van der Waals surface area contributed by atoms with Gasteiger partial charge >= 0.3 is 0 Å². The summed E-state index contributed by atoms with van der Waals surface area (Å²) in [5, 5.41) is 2.81. The molecule has 1 N–H and O–H groups in total. The number of fused-ring (bicyclic) bond motifs is 1. The van der Waals surface area contributed by atoms with Crippen molar-refractivity contribution in [2.75, 3.05) is 31.1 Å². The summed E-state index contributed by atoms with van der Waals surface area (Å²) in [6, 6.07) is 21.4. The molecule has 0 unspecified atom stereocenters. The van der Waals surface area contributed by atoms with Crippen LogP contribution in [0.3, 0.4) is 0 Å². The molecule has 0 radical (unpaired) electrons. The fraction of sp³-hybridized carbons (Fsp3) is 0.240. The van der Waals surface area contributed by atoms with Crippen molar-refractivity contribution in [3.05, 3.63) is 83.9 Å². The lowest BCUT2D eigenvalue weighted by molar-refractivity contribution is -0.123. The second kappa shape index (κ2) is 9.95. The number of benzene rings is 3. The molecule has 4 rings (SSSR count). The largest absolute Gasteiger partial charge is 0.497 e. The number of rotatable bonds is 9. The highest BCUT2D eigenvalue weighted by Crippen LogP contribution is 2.33. The molecule has 3 aromatic rings. The van der Waals surface area contributed by atoms with Crippen LogP contribution in [0, 0.1) is 0 Å². The van der Waals surface area contributed by atoms with Crippen molar-refractivity contribution in [3.8, 4) is 11.5 Å². The Morgan fingerprint density at radius 1 is 0.970 bits per heavy atom. The maximum atomic E-state index is 13.1. The molecule has 1 heterocycles. The minimum Gasteiger partial charge on any atom is -0.497 e. The van der Waals surface area contributed by atoms with Crippen molar-refractivity contribution in [1.82, 2.24) is 5.32 Å². The number of nitrogens with zero attached hydrogens (tertiary/aromatic N) is 1. The van der Waals surface area contributed by atoms with Crippen molar-refractivity contribution < 1.29 is 22.7 Å². The monoisotopic (exact) mass is 466 g/mol. The first kappa shape index (κ1) is 22.7. The number of anilines is 1. The van der Waals surface area contributed by atoms with Crippen molar-refractivity contribution in [2.24, 2.45) is 0 Å². The number of nitrogens with one attached hydrogen (secondary N) is 1. The first-order valence-corrected chi connectivity index (χ1v) is 12.1. The fourth-order valence-electron chi connectivity index (χ4n) is 3.73. The second-order valence-electron chi connectivity index (χ2n) is 7.66. The number of carbonyl (C=O) groups is 1. The average molecular weight is 467 g/mol. The number of hydrogen-bond donors (Lipinski definition) is 1. The van der Waals surface area contributed by atoms with E-state index in [1.807, 2.05) is 48.5 Å². The summed E-state index contributed by atoms with van der Waals surface area (Å²) >= 11 is 0. The highest BCUT2D eigenvalue weighted by atomic mass is 32.2. The van der Waals surface area contributed by atoms with Crippen molar-refractivity contribution in [1.29, 1.82) is 0 Å². The summed E-state index contributed by atoms with van der Waals surface area (Å²) in [7, 11) is -2.03. The second-order valence-corrected chi connectivity index (χ2v) is 9.53. The Hall–Kier alpha value is -3.52. The average Bonchev–Trinajstić information content (AvgIpc) is 3.29. The quantitative estimate of drug-likeness (QED) is 0.524. The van der Waals surface area contributed by atoms with Crippen LogP contribution in [0.1, 0.15) is 11.1 Å². The van der Waals surface area contributed by atoms with Gasteiger partial charge in [-0.2, -0.15) is 0 Å². The van der Waals surface area contributed by atoms with Gasteiger partial charge in [0.15, 0.2) is 6.61 Å². The van der Waals surface area contributed by atoms with E-state index in [-0.39, 0.29) is 17.4 Å². The molecule has 172 valence electrons. The van der Waals surface area contributed by atoms with Gasteiger partial charge in [0, 0.05) is 13.1 Å². The van der Waals surface area contributed by atoms with E-state index in [0.717, 1.165) is 22.6 Å². The third-order valence-electron chi connectivity index (χ3n) is 5.52. The van der Waals surface area contributed by atoms with Crippen LogP contribution < -0.4 is 19.1 Å². The van der Waals surface area contributed by atoms with Crippen LogP contribution in [0.15, 0.2) is 77.7 Å². The minimum absolute atomic E-state index is 0.145. The van der Waals surface area contributed by atoms with Crippen LogP contribution >= 0.6 is 0 Å². The summed E-state index contributed by atoms with van der Waals surface area (Å²) < 4.78 is 38.2. The minimum atomic E-state index is -3.65. The van der Waals surface area contributed by atoms with Crippen LogP contribution in [-0.4, -0.2) is 41.1 Å². The standard InChI is InChI=1S/C25H26N2O5S/c1-31-21-8-6-19(7-9-21)14-16-26-25(28)18-32-22-10-12-23(13-11-22)33(29,30)27-17-15-20-4-2-3-5-24(20)27/h2-13H,14-18H2,1H3,(H,26,28). The van der Waals surface area contributed by atoms with Gasteiger partial charge in [-0.15, -0.1) is 0 Å². The lowest BCUT2D eigenvalue weighted by atomic mass is 10.1. The molecule has 7 nitrogen and oxygen atoms in total. The molecule has 0 aromatic heterocycles. The molecule has 1 aliphatic rings. The first-order valence-electron chi connectivity index (χ1n) is 10.7. The molecule has 0 spiro atoms. The zero-order chi connectivity index (χ0) is 23.3. The van der Waals surface area contributed by atoms with E-state index >= 15 is 0 Å². The lowest BCUT2D eigenvalue weighted by Gasteiger charge is -2.19. The van der Waals surface area contributed by atoms with Gasteiger partial charge < -0.3 is 14.8 Å². The Balaban J connectivity index is 1.27. The number of sulfonamides is 1. The Labute approximate surface area is 194 Å². The summed E-state index contributed by atoms with van der Waals surface area (Å²) in [5.41, 5.74) is 2.85. The molecule has 1 aliphatic heterocycles. The van der Waals surface area contributed by atoms with Crippen LogP contribution in [-0.2, 0) is 27.7 Å². The van der Waals surface area contributed by atoms with Gasteiger partial charge in [-0.1, -0.05) is 30.3 Å². The van der Waals surface area contributed by atoms with Crippen molar-refractivity contribution >= 4 is 21.6 Å². The first-order chi connectivity index (χ1) is 16.0. The topological polar surface area (TPSA) is 84.9 Å². The number of carbonyl (C=O) groups excluding carboxylic acids is 1. The smallest absolute Gasteiger partial charge is 0.264 e. The Morgan fingerprint density at radius 2 is 1.67 bits per heavy atom. The summed E-state index contributed by atoms with van der Waals surface area (Å²) in [6.45, 7) is 0.772. The van der Waals surface area contributed by atoms with E-state index in [1.165, 1.54) is 16.4 Å². The summed E-state index contributed by atoms with van der Waals surface area (Å²) in [4.78, 5) is 12.3. The van der Waals surface area contributed by atoms with E-state index in [0.29, 0.717) is 31.7 Å². The maximum Gasteiger partial charge on any atom is 0.264 e. The molecule has 33 heavy (non-hydrogen) atoms.